The van der Waals surface area contributed by atoms with Gasteiger partial charge in [-0.25, -0.2) is 8.51 Å². The highest BCUT2D eigenvalue weighted by atomic mass is 32.2. The van der Waals surface area contributed by atoms with Crippen LogP contribution in [0.4, 0.5) is 0 Å². The molecule has 0 aromatic heterocycles. The molecular formula is C10H21NOS. The minimum atomic E-state index is -0.766. The second-order valence-corrected chi connectivity index (χ2v) is 6.63. The first-order valence-corrected chi connectivity index (χ1v) is 6.33. The van der Waals surface area contributed by atoms with Crippen molar-refractivity contribution in [2.45, 2.75) is 39.4 Å². The number of nitrogens with zero attached hydrogens (tertiary/aromatic N) is 1. The van der Waals surface area contributed by atoms with E-state index in [0.717, 1.165) is 13.1 Å². The Morgan fingerprint density at radius 2 is 1.69 bits per heavy atom. The molecular weight excluding hydrogens is 182 g/mol. The lowest BCUT2D eigenvalue weighted by molar-refractivity contribution is 0.229. The van der Waals surface area contributed by atoms with Crippen LogP contribution < -0.4 is 0 Å². The molecule has 0 aromatic carbocycles. The summed E-state index contributed by atoms with van der Waals surface area (Å²) in [6, 6.07) is 0. The molecule has 1 rings (SSSR count). The third kappa shape index (κ3) is 3.06. The Morgan fingerprint density at radius 3 is 2.08 bits per heavy atom. The summed E-state index contributed by atoms with van der Waals surface area (Å²) in [5.74, 6) is 1.40. The zero-order valence-corrected chi connectivity index (χ0v) is 9.93. The number of rotatable bonds is 2. The van der Waals surface area contributed by atoms with Gasteiger partial charge in [-0.15, -0.1) is 0 Å². The Kier molecular flexibility index (Phi) is 3.92. The minimum Gasteiger partial charge on any atom is -0.242 e. The van der Waals surface area contributed by atoms with Crippen LogP contribution in [0.1, 0.15) is 34.1 Å². The lowest BCUT2D eigenvalue weighted by atomic mass is 9.94. The first-order valence-electron chi connectivity index (χ1n) is 5.16. The van der Waals surface area contributed by atoms with Crippen molar-refractivity contribution in [2.75, 3.05) is 13.1 Å². The van der Waals surface area contributed by atoms with E-state index < -0.39 is 11.0 Å². The Hall–Kier alpha value is 0.110. The van der Waals surface area contributed by atoms with Gasteiger partial charge in [0.25, 0.3) is 0 Å². The third-order valence-corrected chi connectivity index (χ3v) is 4.11. The van der Waals surface area contributed by atoms with E-state index in [4.69, 9.17) is 0 Å². The Morgan fingerprint density at radius 1 is 1.23 bits per heavy atom. The smallest absolute Gasteiger partial charge is 0.0968 e. The molecule has 0 aromatic rings. The van der Waals surface area contributed by atoms with Crippen molar-refractivity contribution in [3.05, 3.63) is 0 Å². The van der Waals surface area contributed by atoms with Crippen molar-refractivity contribution in [1.82, 2.24) is 4.31 Å². The molecule has 1 heterocycles. The van der Waals surface area contributed by atoms with Crippen LogP contribution in [0.5, 0.6) is 0 Å². The number of hydrogen-bond donors (Lipinski definition) is 0. The first kappa shape index (κ1) is 11.2. The molecule has 1 aliphatic heterocycles. The van der Waals surface area contributed by atoms with Gasteiger partial charge in [-0.1, -0.05) is 13.8 Å². The molecule has 13 heavy (non-hydrogen) atoms. The van der Waals surface area contributed by atoms with Gasteiger partial charge >= 0.3 is 0 Å². The lowest BCUT2D eigenvalue weighted by Gasteiger charge is -2.34. The highest BCUT2D eigenvalue weighted by Gasteiger charge is 2.26. The molecule has 0 amide bonds. The predicted octanol–water partition coefficient (Wildman–Crippen LogP) is 2.04. The van der Waals surface area contributed by atoms with Gasteiger partial charge in [0.1, 0.15) is 0 Å². The molecule has 0 aliphatic carbocycles. The van der Waals surface area contributed by atoms with Crippen LogP contribution in [0.3, 0.4) is 0 Å². The van der Waals surface area contributed by atoms with Crippen molar-refractivity contribution < 1.29 is 4.21 Å². The van der Waals surface area contributed by atoms with E-state index in [-0.39, 0.29) is 5.25 Å². The quantitative estimate of drug-likeness (QED) is 0.672. The van der Waals surface area contributed by atoms with Gasteiger partial charge in [-0.2, -0.15) is 0 Å². The fraction of sp³-hybridized carbons (Fsp3) is 1.00. The van der Waals surface area contributed by atoms with Gasteiger partial charge in [-0.05, 0) is 32.1 Å². The Labute approximate surface area is 84.3 Å². The van der Waals surface area contributed by atoms with Gasteiger partial charge in [0, 0.05) is 18.3 Å². The molecule has 1 fully saturated rings. The Balaban J connectivity index is 2.55. The summed E-state index contributed by atoms with van der Waals surface area (Å²) in [4.78, 5) is 0. The summed E-state index contributed by atoms with van der Waals surface area (Å²) in [6.45, 7) is 10.6. The predicted molar refractivity (Wildman–Crippen MR) is 57.8 cm³/mol. The summed E-state index contributed by atoms with van der Waals surface area (Å²) >= 11 is 0. The van der Waals surface area contributed by atoms with Gasteiger partial charge in [0.2, 0.25) is 0 Å². The number of hydrogen-bond acceptors (Lipinski definition) is 1. The minimum absolute atomic E-state index is 0.262. The first-order chi connectivity index (χ1) is 6.00. The second kappa shape index (κ2) is 4.56. The summed E-state index contributed by atoms with van der Waals surface area (Å²) in [5.41, 5.74) is 0. The van der Waals surface area contributed by atoms with E-state index >= 15 is 0 Å². The second-order valence-electron chi connectivity index (χ2n) is 4.62. The van der Waals surface area contributed by atoms with Crippen LogP contribution in [0.2, 0.25) is 0 Å². The topological polar surface area (TPSA) is 20.3 Å². The van der Waals surface area contributed by atoms with E-state index in [1.54, 1.807) is 0 Å². The summed E-state index contributed by atoms with van der Waals surface area (Å²) in [5, 5.41) is 0.262. The van der Waals surface area contributed by atoms with Crippen LogP contribution in [0.15, 0.2) is 0 Å². The largest absolute Gasteiger partial charge is 0.242 e. The molecule has 3 unspecified atom stereocenters. The van der Waals surface area contributed by atoms with Gasteiger partial charge in [0.15, 0.2) is 0 Å². The summed E-state index contributed by atoms with van der Waals surface area (Å²) in [7, 11) is -0.766. The average Bonchev–Trinajstić information content (AvgIpc) is 2.01. The zero-order chi connectivity index (χ0) is 10.0. The molecule has 0 bridgehead atoms. The number of piperidine rings is 1. The van der Waals surface area contributed by atoms with Crippen molar-refractivity contribution in [3.63, 3.8) is 0 Å². The molecule has 1 saturated heterocycles. The molecule has 2 nitrogen and oxygen atoms in total. The van der Waals surface area contributed by atoms with Crippen molar-refractivity contribution in [1.29, 1.82) is 0 Å². The summed E-state index contributed by atoms with van der Waals surface area (Å²) in [6.07, 6.45) is 1.28. The molecule has 0 radical (unpaired) electrons. The molecule has 78 valence electrons. The van der Waals surface area contributed by atoms with E-state index in [2.05, 4.69) is 18.2 Å². The molecule has 1 aliphatic rings. The standard InChI is InChI=1S/C10H21NOS/c1-8(2)13(12)11-6-9(3)5-10(4)7-11/h8-10H,5-7H2,1-4H3. The normalized spacial score (nSPS) is 33.6. The maximum absolute atomic E-state index is 11.8. The van der Waals surface area contributed by atoms with E-state index in [9.17, 15) is 4.21 Å². The zero-order valence-electron chi connectivity index (χ0n) is 9.12. The highest BCUT2D eigenvalue weighted by Crippen LogP contribution is 2.22. The van der Waals surface area contributed by atoms with E-state index in [1.165, 1.54) is 6.42 Å². The highest BCUT2D eigenvalue weighted by molar-refractivity contribution is 7.83. The molecule has 0 saturated carbocycles. The van der Waals surface area contributed by atoms with Crippen LogP contribution in [0.25, 0.3) is 0 Å². The Bertz CT molecular complexity index is 183. The summed E-state index contributed by atoms with van der Waals surface area (Å²) < 4.78 is 14.0. The van der Waals surface area contributed by atoms with Crippen molar-refractivity contribution >= 4 is 11.0 Å². The van der Waals surface area contributed by atoms with Gasteiger partial charge in [-0.3, -0.25) is 0 Å². The monoisotopic (exact) mass is 203 g/mol. The van der Waals surface area contributed by atoms with E-state index in [0.29, 0.717) is 11.8 Å². The maximum atomic E-state index is 11.8. The molecule has 3 heteroatoms. The maximum Gasteiger partial charge on any atom is 0.0968 e. The van der Waals surface area contributed by atoms with Crippen LogP contribution >= 0.6 is 0 Å². The van der Waals surface area contributed by atoms with Crippen molar-refractivity contribution in [2.24, 2.45) is 11.8 Å². The van der Waals surface area contributed by atoms with Gasteiger partial charge < -0.3 is 0 Å². The average molecular weight is 203 g/mol. The van der Waals surface area contributed by atoms with Crippen molar-refractivity contribution in [3.8, 4) is 0 Å². The molecule has 0 N–H and O–H groups in total. The van der Waals surface area contributed by atoms with Crippen LogP contribution in [-0.4, -0.2) is 26.9 Å². The fourth-order valence-electron chi connectivity index (χ4n) is 2.05. The molecule has 0 spiro atoms. The van der Waals surface area contributed by atoms with Gasteiger partial charge in [0.05, 0.1) is 11.0 Å². The third-order valence-electron chi connectivity index (χ3n) is 2.49. The molecule has 3 atom stereocenters. The lowest BCUT2D eigenvalue weighted by Crippen LogP contribution is -2.41. The van der Waals surface area contributed by atoms with Crippen LogP contribution in [-0.2, 0) is 11.0 Å². The van der Waals surface area contributed by atoms with E-state index in [1.807, 2.05) is 13.8 Å². The SMILES string of the molecule is CC1CC(C)CN(S(=O)C(C)C)C1. The fourth-order valence-corrected chi connectivity index (χ4v) is 3.45. The van der Waals surface area contributed by atoms with Crippen LogP contribution in [0, 0.1) is 11.8 Å².